The largest absolute Gasteiger partial charge is 0.478 e. The van der Waals surface area contributed by atoms with Gasteiger partial charge in [-0.25, -0.2) is 4.39 Å². The molecule has 0 bridgehead atoms. The third-order valence-corrected chi connectivity index (χ3v) is 4.15. The van der Waals surface area contributed by atoms with Crippen LogP contribution < -0.4 is 15.6 Å². The maximum Gasteiger partial charge on any atom is 0.279 e. The SMILES string of the molecule is CC(Oc1ccccc1F)C(=O)NNC(=O)c1cc([N+](=O)[O-])ccc1I. The Morgan fingerprint density at radius 1 is 1.23 bits per heavy atom. The number of hydrogen-bond acceptors (Lipinski definition) is 5. The number of carbonyl (C=O) groups is 2. The van der Waals surface area contributed by atoms with E-state index in [1.807, 2.05) is 22.6 Å². The lowest BCUT2D eigenvalue weighted by molar-refractivity contribution is -0.384. The molecule has 2 N–H and O–H groups in total. The van der Waals surface area contributed by atoms with E-state index in [0.29, 0.717) is 3.57 Å². The molecule has 2 amide bonds. The van der Waals surface area contributed by atoms with E-state index < -0.39 is 28.7 Å². The highest BCUT2D eigenvalue weighted by Crippen LogP contribution is 2.19. The third-order valence-electron chi connectivity index (χ3n) is 3.21. The van der Waals surface area contributed by atoms with Crippen LogP contribution in [0.4, 0.5) is 10.1 Å². The van der Waals surface area contributed by atoms with Crippen molar-refractivity contribution in [3.8, 4) is 5.75 Å². The first kappa shape index (κ1) is 19.6. The van der Waals surface area contributed by atoms with Crippen molar-refractivity contribution in [3.63, 3.8) is 0 Å². The number of benzene rings is 2. The average molecular weight is 473 g/mol. The summed E-state index contributed by atoms with van der Waals surface area (Å²) in [6.07, 6.45) is -1.09. The smallest absolute Gasteiger partial charge is 0.279 e. The molecule has 0 fully saturated rings. The number of non-ortho nitro benzene ring substituents is 1. The predicted molar refractivity (Wildman–Crippen MR) is 97.9 cm³/mol. The molecule has 0 aliphatic heterocycles. The van der Waals surface area contributed by atoms with Gasteiger partial charge in [0, 0.05) is 15.7 Å². The van der Waals surface area contributed by atoms with Crippen LogP contribution in [0.1, 0.15) is 17.3 Å². The van der Waals surface area contributed by atoms with Crippen LogP contribution in [-0.2, 0) is 4.79 Å². The Bertz CT molecular complexity index is 862. The van der Waals surface area contributed by atoms with Crippen LogP contribution >= 0.6 is 22.6 Å². The number of nitro benzene ring substituents is 1. The lowest BCUT2D eigenvalue weighted by Gasteiger charge is -2.15. The van der Waals surface area contributed by atoms with Gasteiger partial charge in [-0.05, 0) is 47.7 Å². The second-order valence-electron chi connectivity index (χ2n) is 5.06. The van der Waals surface area contributed by atoms with Gasteiger partial charge >= 0.3 is 0 Å². The molecule has 2 aromatic carbocycles. The normalized spacial score (nSPS) is 11.3. The second-order valence-corrected chi connectivity index (χ2v) is 6.22. The van der Waals surface area contributed by atoms with Gasteiger partial charge in [0.2, 0.25) is 0 Å². The Labute approximate surface area is 161 Å². The molecule has 0 radical (unpaired) electrons. The van der Waals surface area contributed by atoms with Crippen LogP contribution in [-0.4, -0.2) is 22.8 Å². The van der Waals surface area contributed by atoms with Crippen LogP contribution in [0.25, 0.3) is 0 Å². The molecule has 8 nitrogen and oxygen atoms in total. The van der Waals surface area contributed by atoms with Crippen LogP contribution in [0.2, 0.25) is 0 Å². The van der Waals surface area contributed by atoms with Crippen molar-refractivity contribution >= 4 is 40.1 Å². The average Bonchev–Trinajstić information content (AvgIpc) is 2.61. The van der Waals surface area contributed by atoms with Crippen molar-refractivity contribution < 1.29 is 23.6 Å². The summed E-state index contributed by atoms with van der Waals surface area (Å²) in [5, 5.41) is 10.8. The Morgan fingerprint density at radius 3 is 2.58 bits per heavy atom. The van der Waals surface area contributed by atoms with Gasteiger partial charge in [0.25, 0.3) is 17.5 Å². The zero-order chi connectivity index (χ0) is 19.3. The highest BCUT2D eigenvalue weighted by atomic mass is 127. The number of carbonyl (C=O) groups excluding carboxylic acids is 2. The molecular weight excluding hydrogens is 460 g/mol. The molecule has 0 aliphatic rings. The van der Waals surface area contributed by atoms with Crippen molar-refractivity contribution in [1.82, 2.24) is 10.9 Å². The van der Waals surface area contributed by atoms with Crippen LogP contribution in [0.15, 0.2) is 42.5 Å². The Hall–Kier alpha value is -2.76. The maximum absolute atomic E-state index is 13.5. The fourth-order valence-corrected chi connectivity index (χ4v) is 2.45. The third kappa shape index (κ3) is 4.88. The summed E-state index contributed by atoms with van der Waals surface area (Å²) in [5.74, 6) is -2.18. The number of nitro groups is 1. The van der Waals surface area contributed by atoms with E-state index in [1.165, 1.54) is 37.3 Å². The summed E-state index contributed by atoms with van der Waals surface area (Å²) in [5.41, 5.74) is 4.06. The Balaban J connectivity index is 1.98. The summed E-state index contributed by atoms with van der Waals surface area (Å²) in [7, 11) is 0. The lowest BCUT2D eigenvalue weighted by Crippen LogP contribution is -2.47. The van der Waals surface area contributed by atoms with Crippen molar-refractivity contribution in [2.24, 2.45) is 0 Å². The minimum atomic E-state index is -1.09. The van der Waals surface area contributed by atoms with Crippen LogP contribution in [0.3, 0.4) is 0 Å². The zero-order valence-electron chi connectivity index (χ0n) is 13.4. The molecule has 1 atom stereocenters. The maximum atomic E-state index is 13.5. The van der Waals surface area contributed by atoms with E-state index in [1.54, 1.807) is 6.07 Å². The number of para-hydroxylation sites is 1. The predicted octanol–water partition coefficient (Wildman–Crippen LogP) is 2.57. The molecule has 0 aromatic heterocycles. The van der Waals surface area contributed by atoms with Gasteiger partial charge in [0.05, 0.1) is 10.5 Å². The molecule has 0 saturated heterocycles. The molecule has 2 rings (SSSR count). The number of nitrogens with zero attached hydrogens (tertiary/aromatic N) is 1. The highest BCUT2D eigenvalue weighted by Gasteiger charge is 2.19. The van der Waals surface area contributed by atoms with Gasteiger partial charge in [-0.3, -0.25) is 30.6 Å². The van der Waals surface area contributed by atoms with Crippen molar-refractivity contribution in [3.05, 3.63) is 67.5 Å². The van der Waals surface area contributed by atoms with Crippen molar-refractivity contribution in [2.45, 2.75) is 13.0 Å². The van der Waals surface area contributed by atoms with Crippen LogP contribution in [0, 0.1) is 19.5 Å². The summed E-state index contributed by atoms with van der Waals surface area (Å²) in [6.45, 7) is 1.38. The minimum absolute atomic E-state index is 0.0303. The zero-order valence-corrected chi connectivity index (χ0v) is 15.5. The number of ether oxygens (including phenoxy) is 1. The topological polar surface area (TPSA) is 111 Å². The molecule has 0 saturated carbocycles. The fraction of sp³-hybridized carbons (Fsp3) is 0.125. The monoisotopic (exact) mass is 473 g/mol. The van der Waals surface area contributed by atoms with E-state index in [9.17, 15) is 24.1 Å². The first-order chi connectivity index (χ1) is 12.3. The molecule has 1 unspecified atom stereocenters. The van der Waals surface area contributed by atoms with E-state index in [2.05, 4.69) is 10.9 Å². The summed E-state index contributed by atoms with van der Waals surface area (Å²) >= 11 is 1.84. The molecule has 2 aromatic rings. The Kier molecular flexibility index (Phi) is 6.44. The van der Waals surface area contributed by atoms with Gasteiger partial charge in [-0.15, -0.1) is 0 Å². The lowest BCUT2D eigenvalue weighted by atomic mass is 10.2. The van der Waals surface area contributed by atoms with Gasteiger partial charge in [0.15, 0.2) is 17.7 Å². The molecule has 10 heteroatoms. The summed E-state index contributed by atoms with van der Waals surface area (Å²) in [4.78, 5) is 34.3. The number of rotatable bonds is 5. The van der Waals surface area contributed by atoms with E-state index in [4.69, 9.17) is 4.74 Å². The van der Waals surface area contributed by atoms with Gasteiger partial charge in [-0.1, -0.05) is 12.1 Å². The minimum Gasteiger partial charge on any atom is -0.478 e. The first-order valence-electron chi connectivity index (χ1n) is 7.25. The number of hydrogen-bond donors (Lipinski definition) is 2. The van der Waals surface area contributed by atoms with E-state index >= 15 is 0 Å². The molecule has 136 valence electrons. The molecule has 0 heterocycles. The summed E-state index contributed by atoms with van der Waals surface area (Å²) < 4.78 is 19.2. The highest BCUT2D eigenvalue weighted by molar-refractivity contribution is 14.1. The molecule has 26 heavy (non-hydrogen) atoms. The number of amides is 2. The number of hydrazine groups is 1. The van der Waals surface area contributed by atoms with Gasteiger partial charge in [0.1, 0.15) is 0 Å². The molecule has 0 spiro atoms. The quantitative estimate of drug-likeness (QED) is 0.394. The first-order valence-corrected chi connectivity index (χ1v) is 8.32. The fourth-order valence-electron chi connectivity index (χ4n) is 1.87. The van der Waals surface area contributed by atoms with Gasteiger partial charge < -0.3 is 4.74 Å². The molecule has 0 aliphatic carbocycles. The second kappa shape index (κ2) is 8.56. The standard InChI is InChI=1S/C16H13FIN3O5/c1-9(26-14-5-3-2-4-12(14)17)15(22)19-20-16(23)11-8-10(21(24)25)6-7-13(11)18/h2-9H,1H3,(H,19,22)(H,20,23). The van der Waals surface area contributed by atoms with E-state index in [0.717, 1.165) is 6.07 Å². The van der Waals surface area contributed by atoms with Crippen molar-refractivity contribution in [1.29, 1.82) is 0 Å². The van der Waals surface area contributed by atoms with Gasteiger partial charge in [-0.2, -0.15) is 0 Å². The van der Waals surface area contributed by atoms with E-state index in [-0.39, 0.29) is 17.0 Å². The summed E-state index contributed by atoms with van der Waals surface area (Å²) in [6, 6.07) is 9.36. The number of nitrogens with one attached hydrogen (secondary N) is 2. The molecular formula is C16H13FIN3O5. The number of halogens is 2. The van der Waals surface area contributed by atoms with Crippen LogP contribution in [0.5, 0.6) is 5.75 Å². The van der Waals surface area contributed by atoms with Crippen molar-refractivity contribution in [2.75, 3.05) is 0 Å². The Morgan fingerprint density at radius 2 is 1.92 bits per heavy atom.